The Morgan fingerprint density at radius 2 is 1.67 bits per heavy atom. The summed E-state index contributed by atoms with van der Waals surface area (Å²) in [6.45, 7) is 0.754. The molecular formula is C15H12ClNO3S. The van der Waals surface area contributed by atoms with E-state index in [1.54, 1.807) is 41.7 Å². The van der Waals surface area contributed by atoms with Gasteiger partial charge in [0.25, 0.3) is 5.91 Å². The lowest BCUT2D eigenvalue weighted by Gasteiger charge is -2.19. The van der Waals surface area contributed by atoms with Crippen LogP contribution in [0.4, 0.5) is 0 Å². The molecule has 3 heterocycles. The van der Waals surface area contributed by atoms with Crippen LogP contribution in [0.3, 0.4) is 0 Å². The van der Waals surface area contributed by atoms with Gasteiger partial charge in [-0.15, -0.1) is 11.3 Å². The Hall–Kier alpha value is -1.98. The fourth-order valence-corrected chi connectivity index (χ4v) is 2.98. The van der Waals surface area contributed by atoms with E-state index >= 15 is 0 Å². The third kappa shape index (κ3) is 3.37. The molecule has 1 amide bonds. The van der Waals surface area contributed by atoms with Gasteiger partial charge in [-0.1, -0.05) is 11.6 Å². The molecule has 0 aliphatic heterocycles. The minimum Gasteiger partial charge on any atom is -0.467 e. The van der Waals surface area contributed by atoms with Crippen molar-refractivity contribution < 1.29 is 13.6 Å². The molecule has 3 rings (SSSR count). The number of furan rings is 2. The van der Waals surface area contributed by atoms with Crippen LogP contribution in [0.5, 0.6) is 0 Å². The maximum Gasteiger partial charge on any atom is 0.264 e. The number of amides is 1. The topological polar surface area (TPSA) is 46.6 Å². The van der Waals surface area contributed by atoms with Crippen molar-refractivity contribution in [2.75, 3.05) is 0 Å². The van der Waals surface area contributed by atoms with Crippen LogP contribution in [0.15, 0.2) is 57.8 Å². The molecule has 0 bridgehead atoms. The van der Waals surface area contributed by atoms with E-state index < -0.39 is 0 Å². The molecule has 0 saturated heterocycles. The highest BCUT2D eigenvalue weighted by Crippen LogP contribution is 2.24. The predicted octanol–water partition coefficient (Wildman–Crippen LogP) is 4.43. The predicted molar refractivity (Wildman–Crippen MR) is 80.3 cm³/mol. The Bertz CT molecular complexity index is 667. The van der Waals surface area contributed by atoms with Crippen molar-refractivity contribution in [3.8, 4) is 0 Å². The second kappa shape index (κ2) is 6.20. The zero-order valence-corrected chi connectivity index (χ0v) is 12.6. The molecule has 0 saturated carbocycles. The number of carbonyl (C=O) groups is 1. The molecule has 0 spiro atoms. The summed E-state index contributed by atoms with van der Waals surface area (Å²) >= 11 is 7.17. The molecule has 3 aromatic rings. The van der Waals surface area contributed by atoms with Crippen LogP contribution >= 0.6 is 22.9 Å². The molecule has 21 heavy (non-hydrogen) atoms. The lowest BCUT2D eigenvalue weighted by atomic mass is 10.3. The normalized spacial score (nSPS) is 10.7. The maximum absolute atomic E-state index is 12.6. The van der Waals surface area contributed by atoms with Crippen LogP contribution in [0.2, 0.25) is 4.34 Å². The van der Waals surface area contributed by atoms with E-state index in [2.05, 4.69) is 0 Å². The third-order valence-corrected chi connectivity index (χ3v) is 4.14. The summed E-state index contributed by atoms with van der Waals surface area (Å²) in [5.41, 5.74) is 0. The van der Waals surface area contributed by atoms with Gasteiger partial charge in [-0.2, -0.15) is 0 Å². The molecule has 0 aliphatic carbocycles. The van der Waals surface area contributed by atoms with E-state index in [9.17, 15) is 4.79 Å². The average Bonchev–Trinajstić information content (AvgIpc) is 3.19. The highest BCUT2D eigenvalue weighted by molar-refractivity contribution is 7.17. The largest absolute Gasteiger partial charge is 0.467 e. The molecule has 0 atom stereocenters. The number of halogens is 1. The van der Waals surface area contributed by atoms with Crippen molar-refractivity contribution in [1.82, 2.24) is 4.90 Å². The van der Waals surface area contributed by atoms with Crippen molar-refractivity contribution in [2.24, 2.45) is 0 Å². The highest BCUT2D eigenvalue weighted by Gasteiger charge is 2.20. The molecule has 0 unspecified atom stereocenters. The summed E-state index contributed by atoms with van der Waals surface area (Å²) in [5, 5.41) is 0. The summed E-state index contributed by atoms with van der Waals surface area (Å²) in [7, 11) is 0. The quantitative estimate of drug-likeness (QED) is 0.698. The molecule has 6 heteroatoms. The number of nitrogens with zero attached hydrogens (tertiary/aromatic N) is 1. The first-order chi connectivity index (χ1) is 10.2. The zero-order valence-electron chi connectivity index (χ0n) is 11.0. The number of thiophene rings is 1. The van der Waals surface area contributed by atoms with Crippen LogP contribution in [-0.2, 0) is 13.1 Å². The standard InChI is InChI=1S/C15H12ClNO3S/c16-14-6-5-13(21-14)15(18)17(9-11-3-1-7-19-11)10-12-4-2-8-20-12/h1-8H,9-10H2. The van der Waals surface area contributed by atoms with Crippen LogP contribution in [0.25, 0.3) is 0 Å². The summed E-state index contributed by atoms with van der Waals surface area (Å²) in [6.07, 6.45) is 3.18. The summed E-state index contributed by atoms with van der Waals surface area (Å²) in [6, 6.07) is 10.7. The second-order valence-electron chi connectivity index (χ2n) is 4.42. The first-order valence-electron chi connectivity index (χ1n) is 6.32. The smallest absolute Gasteiger partial charge is 0.264 e. The molecule has 3 aromatic heterocycles. The van der Waals surface area contributed by atoms with E-state index in [1.807, 2.05) is 12.1 Å². The second-order valence-corrected chi connectivity index (χ2v) is 6.14. The number of carbonyl (C=O) groups excluding carboxylic acids is 1. The van der Waals surface area contributed by atoms with Gasteiger partial charge in [0.05, 0.1) is 34.8 Å². The van der Waals surface area contributed by atoms with Gasteiger partial charge < -0.3 is 13.7 Å². The highest BCUT2D eigenvalue weighted by atomic mass is 35.5. The van der Waals surface area contributed by atoms with Gasteiger partial charge in [0.1, 0.15) is 11.5 Å². The van der Waals surface area contributed by atoms with Crippen LogP contribution in [-0.4, -0.2) is 10.8 Å². The van der Waals surface area contributed by atoms with E-state index in [0.717, 1.165) is 11.5 Å². The lowest BCUT2D eigenvalue weighted by molar-refractivity contribution is 0.0710. The van der Waals surface area contributed by atoms with E-state index in [-0.39, 0.29) is 5.91 Å². The molecule has 0 fully saturated rings. The molecule has 0 N–H and O–H groups in total. The molecule has 108 valence electrons. The Morgan fingerprint density at radius 3 is 2.10 bits per heavy atom. The van der Waals surface area contributed by atoms with Crippen LogP contribution in [0, 0.1) is 0 Å². The summed E-state index contributed by atoms with van der Waals surface area (Å²) < 4.78 is 11.2. The van der Waals surface area contributed by atoms with Gasteiger partial charge in [-0.3, -0.25) is 4.79 Å². The number of hydrogen-bond acceptors (Lipinski definition) is 4. The van der Waals surface area contributed by atoms with Gasteiger partial charge in [0.15, 0.2) is 0 Å². The van der Waals surface area contributed by atoms with Crippen LogP contribution < -0.4 is 0 Å². The number of hydrogen-bond donors (Lipinski definition) is 0. The summed E-state index contributed by atoms with van der Waals surface area (Å²) in [4.78, 5) is 14.9. The van der Waals surface area contributed by atoms with E-state index in [0.29, 0.717) is 22.3 Å². The fourth-order valence-electron chi connectivity index (χ4n) is 1.97. The third-order valence-electron chi connectivity index (χ3n) is 2.92. The fraction of sp³-hybridized carbons (Fsp3) is 0.133. The van der Waals surface area contributed by atoms with Crippen LogP contribution in [0.1, 0.15) is 21.2 Å². The molecule has 0 aliphatic rings. The van der Waals surface area contributed by atoms with E-state index in [4.69, 9.17) is 20.4 Å². The first kappa shape index (κ1) is 14.0. The van der Waals surface area contributed by atoms with Gasteiger partial charge in [0.2, 0.25) is 0 Å². The van der Waals surface area contributed by atoms with Crippen molar-refractivity contribution in [1.29, 1.82) is 0 Å². The minimum absolute atomic E-state index is 0.0975. The Kier molecular flexibility index (Phi) is 4.13. The van der Waals surface area contributed by atoms with Gasteiger partial charge in [-0.05, 0) is 36.4 Å². The molecule has 0 radical (unpaired) electrons. The first-order valence-corrected chi connectivity index (χ1v) is 7.51. The Morgan fingerprint density at radius 1 is 1.05 bits per heavy atom. The van der Waals surface area contributed by atoms with Gasteiger partial charge in [0, 0.05) is 0 Å². The van der Waals surface area contributed by atoms with Crippen molar-refractivity contribution in [3.05, 3.63) is 69.7 Å². The Labute approximate surface area is 130 Å². The SMILES string of the molecule is O=C(c1ccc(Cl)s1)N(Cc1ccco1)Cc1ccco1. The number of rotatable bonds is 5. The Balaban J connectivity index is 1.82. The minimum atomic E-state index is -0.0975. The molecule has 0 aromatic carbocycles. The van der Waals surface area contributed by atoms with Crippen molar-refractivity contribution in [2.45, 2.75) is 13.1 Å². The monoisotopic (exact) mass is 321 g/mol. The van der Waals surface area contributed by atoms with Gasteiger partial charge in [-0.25, -0.2) is 0 Å². The summed E-state index contributed by atoms with van der Waals surface area (Å²) in [5.74, 6) is 1.34. The molecule has 4 nitrogen and oxygen atoms in total. The lowest BCUT2D eigenvalue weighted by Crippen LogP contribution is -2.29. The van der Waals surface area contributed by atoms with Crippen molar-refractivity contribution >= 4 is 28.8 Å². The average molecular weight is 322 g/mol. The zero-order chi connectivity index (χ0) is 14.7. The van der Waals surface area contributed by atoms with Gasteiger partial charge >= 0.3 is 0 Å². The van der Waals surface area contributed by atoms with E-state index in [1.165, 1.54) is 11.3 Å². The van der Waals surface area contributed by atoms with Crippen molar-refractivity contribution in [3.63, 3.8) is 0 Å². The molecular weight excluding hydrogens is 310 g/mol. The maximum atomic E-state index is 12.6.